The van der Waals surface area contributed by atoms with E-state index < -0.39 is 22.0 Å². The molecular weight excluding hydrogens is 414 g/mol. The third-order valence-corrected chi connectivity index (χ3v) is 5.79. The summed E-state index contributed by atoms with van der Waals surface area (Å²) in [5.74, 6) is -1.25. The van der Waals surface area contributed by atoms with Gasteiger partial charge in [-0.25, -0.2) is 8.42 Å². The Labute approximate surface area is 134 Å². The Bertz CT molecular complexity index is 643. The van der Waals surface area contributed by atoms with Crippen LogP contribution < -0.4 is 4.72 Å². The molecule has 20 heavy (non-hydrogen) atoms. The monoisotopic (exact) mass is 425 g/mol. The van der Waals surface area contributed by atoms with Crippen LogP contribution in [0.15, 0.2) is 38.6 Å². The molecule has 0 aliphatic heterocycles. The molecule has 0 bridgehead atoms. The summed E-state index contributed by atoms with van der Waals surface area (Å²) in [6.45, 7) is 5.23. The number of aryl methyl sites for hydroxylation is 1. The van der Waals surface area contributed by atoms with Gasteiger partial charge in [-0.3, -0.25) is 4.79 Å². The van der Waals surface area contributed by atoms with E-state index in [4.69, 9.17) is 5.11 Å². The van der Waals surface area contributed by atoms with Crippen LogP contribution in [0.3, 0.4) is 0 Å². The topological polar surface area (TPSA) is 83.5 Å². The molecule has 1 unspecified atom stereocenters. The molecule has 1 aromatic carbocycles. The fraction of sp³-hybridized carbons (Fsp3) is 0.250. The van der Waals surface area contributed by atoms with Crippen molar-refractivity contribution < 1.29 is 18.3 Å². The van der Waals surface area contributed by atoms with E-state index in [1.165, 1.54) is 12.1 Å². The van der Waals surface area contributed by atoms with E-state index >= 15 is 0 Å². The van der Waals surface area contributed by atoms with Gasteiger partial charge in [-0.2, -0.15) is 4.72 Å². The minimum atomic E-state index is -3.95. The van der Waals surface area contributed by atoms with Crippen molar-refractivity contribution in [2.24, 2.45) is 0 Å². The molecule has 0 saturated heterocycles. The second-order valence-electron chi connectivity index (χ2n) is 4.07. The van der Waals surface area contributed by atoms with E-state index in [-0.39, 0.29) is 11.3 Å². The first kappa shape index (κ1) is 17.4. The van der Waals surface area contributed by atoms with Crippen molar-refractivity contribution in [3.05, 3.63) is 39.3 Å². The van der Waals surface area contributed by atoms with Gasteiger partial charge in [0.1, 0.15) is 6.04 Å². The molecule has 0 aliphatic rings. The number of sulfonamides is 1. The minimum Gasteiger partial charge on any atom is -0.480 e. The Morgan fingerprint density at radius 1 is 1.45 bits per heavy atom. The average Bonchev–Trinajstić information content (AvgIpc) is 2.32. The van der Waals surface area contributed by atoms with Crippen LogP contribution in [0.5, 0.6) is 0 Å². The summed E-state index contributed by atoms with van der Waals surface area (Å²) in [7, 11) is -3.95. The van der Waals surface area contributed by atoms with E-state index in [0.717, 1.165) is 5.56 Å². The maximum atomic E-state index is 12.2. The molecule has 1 aromatic rings. The van der Waals surface area contributed by atoms with Gasteiger partial charge in [-0.1, -0.05) is 22.0 Å². The molecule has 0 heterocycles. The number of nitrogens with one attached hydrogen (secondary N) is 1. The molecule has 1 atom stereocenters. The van der Waals surface area contributed by atoms with Crippen LogP contribution in [0.25, 0.3) is 0 Å². The smallest absolute Gasteiger partial charge is 0.322 e. The molecule has 0 saturated carbocycles. The molecule has 0 spiro atoms. The maximum absolute atomic E-state index is 12.2. The fourth-order valence-corrected chi connectivity index (χ4v) is 4.33. The summed E-state index contributed by atoms with van der Waals surface area (Å²) >= 11 is 6.43. The van der Waals surface area contributed by atoms with Gasteiger partial charge in [0.25, 0.3) is 0 Å². The largest absolute Gasteiger partial charge is 0.480 e. The lowest BCUT2D eigenvalue weighted by Gasteiger charge is -2.14. The summed E-state index contributed by atoms with van der Waals surface area (Å²) in [6, 6.07) is 1.82. The van der Waals surface area contributed by atoms with Crippen LogP contribution in [-0.4, -0.2) is 25.5 Å². The van der Waals surface area contributed by atoms with Gasteiger partial charge < -0.3 is 5.11 Å². The zero-order valence-electron chi connectivity index (χ0n) is 10.6. The number of aliphatic carboxylic acids is 1. The number of rotatable bonds is 6. The standard InChI is InChI=1S/C12H13Br2NO4S/c1-3-4-10(12(16)17)15-20(18,19)11-6-8(13)7(2)5-9(11)14/h3,5-6,10,15H,1,4H2,2H3,(H,16,17). The Hall–Kier alpha value is -0.700. The number of carboxylic acid groups (broad SMARTS) is 1. The van der Waals surface area contributed by atoms with Gasteiger partial charge in [0.2, 0.25) is 10.0 Å². The van der Waals surface area contributed by atoms with Gasteiger partial charge >= 0.3 is 5.97 Å². The van der Waals surface area contributed by atoms with Crippen LogP contribution in [0, 0.1) is 6.92 Å². The summed E-state index contributed by atoms with van der Waals surface area (Å²) < 4.78 is 27.6. The molecule has 5 nitrogen and oxygen atoms in total. The zero-order chi connectivity index (χ0) is 15.5. The molecule has 2 N–H and O–H groups in total. The van der Waals surface area contributed by atoms with Gasteiger partial charge in [0.15, 0.2) is 0 Å². The molecule has 0 aliphatic carbocycles. The third-order valence-electron chi connectivity index (χ3n) is 2.50. The van der Waals surface area contributed by atoms with E-state index in [1.54, 1.807) is 6.07 Å². The highest BCUT2D eigenvalue weighted by atomic mass is 79.9. The molecular formula is C12H13Br2NO4S. The lowest BCUT2D eigenvalue weighted by atomic mass is 10.2. The maximum Gasteiger partial charge on any atom is 0.322 e. The van der Waals surface area contributed by atoms with Crippen molar-refractivity contribution in [3.8, 4) is 0 Å². The SMILES string of the molecule is C=CCC(NS(=O)(=O)c1cc(Br)c(C)cc1Br)C(=O)O. The first-order chi connectivity index (χ1) is 9.19. The highest BCUT2D eigenvalue weighted by Gasteiger charge is 2.26. The molecule has 0 fully saturated rings. The zero-order valence-corrected chi connectivity index (χ0v) is 14.5. The summed E-state index contributed by atoms with van der Waals surface area (Å²) in [5, 5.41) is 8.99. The second kappa shape index (κ2) is 6.84. The van der Waals surface area contributed by atoms with E-state index in [0.29, 0.717) is 8.95 Å². The van der Waals surface area contributed by atoms with Crippen molar-refractivity contribution in [1.82, 2.24) is 4.72 Å². The van der Waals surface area contributed by atoms with Crippen molar-refractivity contribution >= 4 is 47.9 Å². The van der Waals surface area contributed by atoms with Gasteiger partial charge in [0, 0.05) is 8.95 Å². The Balaban J connectivity index is 3.20. The lowest BCUT2D eigenvalue weighted by molar-refractivity contribution is -0.138. The number of hydrogen-bond donors (Lipinski definition) is 2. The van der Waals surface area contributed by atoms with Crippen molar-refractivity contribution in [2.75, 3.05) is 0 Å². The van der Waals surface area contributed by atoms with Gasteiger partial charge in [0.05, 0.1) is 4.90 Å². The van der Waals surface area contributed by atoms with Crippen LogP contribution in [0.1, 0.15) is 12.0 Å². The average molecular weight is 427 g/mol. The van der Waals surface area contributed by atoms with Gasteiger partial charge in [-0.05, 0) is 47.0 Å². The van der Waals surface area contributed by atoms with Crippen molar-refractivity contribution in [2.45, 2.75) is 24.3 Å². The van der Waals surface area contributed by atoms with Crippen LogP contribution >= 0.6 is 31.9 Å². The van der Waals surface area contributed by atoms with E-state index in [1.807, 2.05) is 6.92 Å². The Morgan fingerprint density at radius 3 is 2.55 bits per heavy atom. The first-order valence-corrected chi connectivity index (χ1v) is 8.57. The summed E-state index contributed by atoms with van der Waals surface area (Å²) in [4.78, 5) is 11.0. The van der Waals surface area contributed by atoms with Crippen LogP contribution in [0.4, 0.5) is 0 Å². The van der Waals surface area contributed by atoms with E-state index in [9.17, 15) is 13.2 Å². The molecule has 110 valence electrons. The van der Waals surface area contributed by atoms with Crippen molar-refractivity contribution in [1.29, 1.82) is 0 Å². The predicted molar refractivity (Wildman–Crippen MR) is 83.1 cm³/mol. The third kappa shape index (κ3) is 4.15. The van der Waals surface area contributed by atoms with Crippen LogP contribution in [-0.2, 0) is 14.8 Å². The second-order valence-corrected chi connectivity index (χ2v) is 7.46. The summed E-state index contributed by atoms with van der Waals surface area (Å²) in [6.07, 6.45) is 1.35. The number of benzene rings is 1. The predicted octanol–water partition coefficient (Wildman–Crippen LogP) is 2.83. The highest BCUT2D eigenvalue weighted by molar-refractivity contribution is 9.11. The Kier molecular flexibility index (Phi) is 5.93. The quantitative estimate of drug-likeness (QED) is 0.685. The number of carbonyl (C=O) groups is 1. The number of hydrogen-bond acceptors (Lipinski definition) is 3. The number of halogens is 2. The van der Waals surface area contributed by atoms with E-state index in [2.05, 4.69) is 43.2 Å². The molecule has 0 aromatic heterocycles. The van der Waals surface area contributed by atoms with Gasteiger partial charge in [-0.15, -0.1) is 6.58 Å². The summed E-state index contributed by atoms with van der Waals surface area (Å²) in [5.41, 5.74) is 0.858. The lowest BCUT2D eigenvalue weighted by Crippen LogP contribution is -2.40. The van der Waals surface area contributed by atoms with Crippen LogP contribution in [0.2, 0.25) is 0 Å². The van der Waals surface area contributed by atoms with Crippen molar-refractivity contribution in [3.63, 3.8) is 0 Å². The molecule has 0 radical (unpaired) electrons. The first-order valence-electron chi connectivity index (χ1n) is 5.50. The highest BCUT2D eigenvalue weighted by Crippen LogP contribution is 2.28. The minimum absolute atomic E-state index is 0.000780. The number of carboxylic acids is 1. The molecule has 1 rings (SSSR count). The molecule has 0 amide bonds. The fourth-order valence-electron chi connectivity index (χ4n) is 1.45. The molecule has 8 heteroatoms. The Morgan fingerprint density at radius 2 is 2.05 bits per heavy atom. The normalized spacial score (nSPS) is 12.9.